The van der Waals surface area contributed by atoms with Crippen LogP contribution in [0, 0.1) is 0 Å². The van der Waals surface area contributed by atoms with Crippen molar-refractivity contribution in [1.82, 2.24) is 19.8 Å². The number of likely N-dealkylation sites (tertiary alicyclic amines) is 1. The molecule has 0 aliphatic carbocycles. The molecule has 0 radical (unpaired) electrons. The molecule has 1 aromatic heterocycles. The number of carbonyl (C=O) groups is 2. The molecule has 0 spiro atoms. The van der Waals surface area contributed by atoms with Crippen LogP contribution in [0.1, 0.15) is 44.9 Å². The third-order valence-corrected chi connectivity index (χ3v) is 4.96. The van der Waals surface area contributed by atoms with E-state index in [-0.39, 0.29) is 11.8 Å². The van der Waals surface area contributed by atoms with Crippen LogP contribution in [-0.2, 0) is 22.6 Å². The van der Waals surface area contributed by atoms with E-state index in [0.717, 1.165) is 55.6 Å². The Kier molecular flexibility index (Phi) is 6.26. The van der Waals surface area contributed by atoms with Crippen LogP contribution in [0.15, 0.2) is 24.3 Å². The summed E-state index contributed by atoms with van der Waals surface area (Å²) in [7, 11) is 0. The number of carbonyl (C=O) groups excluding carboxylic acids is 2. The number of amides is 2. The lowest BCUT2D eigenvalue weighted by Gasteiger charge is -2.27. The van der Waals surface area contributed by atoms with Crippen LogP contribution in [-0.4, -0.2) is 45.9 Å². The van der Waals surface area contributed by atoms with E-state index in [1.165, 1.54) is 6.42 Å². The summed E-state index contributed by atoms with van der Waals surface area (Å²) >= 11 is 0. The topological polar surface area (TPSA) is 67.2 Å². The van der Waals surface area contributed by atoms with Gasteiger partial charge in [-0.15, -0.1) is 0 Å². The van der Waals surface area contributed by atoms with Gasteiger partial charge in [-0.25, -0.2) is 4.98 Å². The summed E-state index contributed by atoms with van der Waals surface area (Å²) in [5.41, 5.74) is 1.93. The zero-order valence-electron chi connectivity index (χ0n) is 15.5. The van der Waals surface area contributed by atoms with Crippen LogP contribution < -0.4 is 5.32 Å². The molecule has 3 rings (SSSR count). The summed E-state index contributed by atoms with van der Waals surface area (Å²) in [6.07, 6.45) is 5.47. The minimum absolute atomic E-state index is 0.0683. The molecule has 0 unspecified atom stereocenters. The number of aryl methyl sites for hydroxylation is 1. The summed E-state index contributed by atoms with van der Waals surface area (Å²) in [5.74, 6) is 1.16. The van der Waals surface area contributed by atoms with E-state index in [4.69, 9.17) is 4.98 Å². The number of hydrogen-bond donors (Lipinski definition) is 1. The van der Waals surface area contributed by atoms with E-state index < -0.39 is 0 Å². The first-order valence-electron chi connectivity index (χ1n) is 9.67. The van der Waals surface area contributed by atoms with Crippen LogP contribution in [0.5, 0.6) is 0 Å². The van der Waals surface area contributed by atoms with Crippen LogP contribution >= 0.6 is 0 Å². The number of fused-ring (bicyclic) bond motifs is 1. The average Bonchev–Trinajstić information content (AvgIpc) is 3.03. The molecule has 2 aromatic rings. The number of hydrogen-bond acceptors (Lipinski definition) is 3. The van der Waals surface area contributed by atoms with Gasteiger partial charge in [0.05, 0.1) is 11.0 Å². The van der Waals surface area contributed by atoms with Crippen LogP contribution in [0.25, 0.3) is 11.0 Å². The highest BCUT2D eigenvalue weighted by Crippen LogP contribution is 2.18. The van der Waals surface area contributed by atoms with Crippen LogP contribution in [0.2, 0.25) is 0 Å². The Hall–Kier alpha value is -2.37. The Labute approximate surface area is 154 Å². The quantitative estimate of drug-likeness (QED) is 0.775. The molecule has 140 valence electrons. The predicted molar refractivity (Wildman–Crippen MR) is 102 cm³/mol. The van der Waals surface area contributed by atoms with Crippen LogP contribution in [0.3, 0.4) is 0 Å². The predicted octanol–water partition coefficient (Wildman–Crippen LogP) is 2.51. The van der Waals surface area contributed by atoms with Crippen molar-refractivity contribution < 1.29 is 9.59 Å². The number of piperidine rings is 1. The summed E-state index contributed by atoms with van der Waals surface area (Å²) < 4.78 is 2.05. The number of nitrogens with zero attached hydrogens (tertiary/aromatic N) is 3. The fourth-order valence-corrected chi connectivity index (χ4v) is 3.47. The number of imidazole rings is 1. The maximum atomic E-state index is 12.7. The van der Waals surface area contributed by atoms with Crippen molar-refractivity contribution in [3.05, 3.63) is 30.1 Å². The molecule has 0 atom stereocenters. The van der Waals surface area contributed by atoms with Gasteiger partial charge in [0.15, 0.2) is 0 Å². The molecule has 0 bridgehead atoms. The van der Waals surface area contributed by atoms with Crippen molar-refractivity contribution in [3.63, 3.8) is 0 Å². The van der Waals surface area contributed by atoms with Gasteiger partial charge in [-0.2, -0.15) is 0 Å². The molecule has 0 saturated carbocycles. The fraction of sp³-hybridized carbons (Fsp3) is 0.550. The van der Waals surface area contributed by atoms with E-state index in [2.05, 4.69) is 5.32 Å². The Morgan fingerprint density at radius 2 is 1.92 bits per heavy atom. The molecule has 1 aliphatic heterocycles. The highest BCUT2D eigenvalue weighted by atomic mass is 16.2. The van der Waals surface area contributed by atoms with Crippen molar-refractivity contribution in [2.45, 2.75) is 52.0 Å². The molecule has 2 amide bonds. The van der Waals surface area contributed by atoms with Crippen molar-refractivity contribution in [2.75, 3.05) is 19.6 Å². The van der Waals surface area contributed by atoms with Gasteiger partial charge in [0.25, 0.3) is 0 Å². The zero-order valence-corrected chi connectivity index (χ0v) is 15.5. The molecule has 1 aromatic carbocycles. The summed E-state index contributed by atoms with van der Waals surface area (Å²) in [5, 5.41) is 2.90. The van der Waals surface area contributed by atoms with Gasteiger partial charge >= 0.3 is 0 Å². The Balaban J connectivity index is 1.71. The number of para-hydroxylation sites is 2. The van der Waals surface area contributed by atoms with E-state index in [1.54, 1.807) is 0 Å². The lowest BCUT2D eigenvalue weighted by Crippen LogP contribution is -2.38. The van der Waals surface area contributed by atoms with Gasteiger partial charge in [0.1, 0.15) is 12.4 Å². The Morgan fingerprint density at radius 1 is 1.15 bits per heavy atom. The maximum absolute atomic E-state index is 12.7. The van der Waals surface area contributed by atoms with Gasteiger partial charge in [0.2, 0.25) is 11.8 Å². The first kappa shape index (κ1) is 18.4. The molecule has 1 saturated heterocycles. The third kappa shape index (κ3) is 4.42. The maximum Gasteiger partial charge on any atom is 0.242 e. The van der Waals surface area contributed by atoms with Crippen molar-refractivity contribution in [1.29, 1.82) is 0 Å². The Bertz CT molecular complexity index is 762. The summed E-state index contributed by atoms with van der Waals surface area (Å²) in [6.45, 7) is 4.56. The van der Waals surface area contributed by atoms with Gasteiger partial charge in [-0.1, -0.05) is 19.1 Å². The van der Waals surface area contributed by atoms with Crippen molar-refractivity contribution in [2.24, 2.45) is 0 Å². The molecule has 1 aliphatic rings. The van der Waals surface area contributed by atoms with Gasteiger partial charge in [0, 0.05) is 32.5 Å². The largest absolute Gasteiger partial charge is 0.356 e. The Morgan fingerprint density at radius 3 is 2.69 bits per heavy atom. The van der Waals surface area contributed by atoms with Crippen molar-refractivity contribution >= 4 is 22.8 Å². The number of rotatable bonds is 7. The molecule has 1 N–H and O–H groups in total. The number of nitrogens with one attached hydrogen (secondary N) is 1. The van der Waals surface area contributed by atoms with Crippen LogP contribution in [0.4, 0.5) is 0 Å². The highest BCUT2D eigenvalue weighted by Gasteiger charge is 2.19. The SMILES string of the molecule is CCC(=O)NCCCc1nc2ccccc2n1CC(=O)N1CCCCC1. The van der Waals surface area contributed by atoms with E-state index in [1.807, 2.05) is 40.7 Å². The monoisotopic (exact) mass is 356 g/mol. The molecule has 6 nitrogen and oxygen atoms in total. The highest BCUT2D eigenvalue weighted by molar-refractivity contribution is 5.81. The molecule has 26 heavy (non-hydrogen) atoms. The van der Waals surface area contributed by atoms with Crippen molar-refractivity contribution in [3.8, 4) is 0 Å². The second-order valence-electron chi connectivity index (χ2n) is 6.85. The standard InChI is InChI=1S/C20H28N4O2/c1-2-19(25)21-12-8-11-18-22-16-9-4-5-10-17(16)24(18)15-20(26)23-13-6-3-7-14-23/h4-5,9-10H,2-3,6-8,11-15H2,1H3,(H,21,25). The normalized spacial score (nSPS) is 14.6. The summed E-state index contributed by atoms with van der Waals surface area (Å²) in [6, 6.07) is 7.96. The summed E-state index contributed by atoms with van der Waals surface area (Å²) in [4.78, 5) is 30.8. The van der Waals surface area contributed by atoms with Gasteiger partial charge < -0.3 is 14.8 Å². The fourth-order valence-electron chi connectivity index (χ4n) is 3.47. The molecular weight excluding hydrogens is 328 g/mol. The van der Waals surface area contributed by atoms with Gasteiger partial charge in [-0.3, -0.25) is 9.59 Å². The first-order chi connectivity index (χ1) is 12.7. The van der Waals surface area contributed by atoms with E-state index in [9.17, 15) is 9.59 Å². The smallest absolute Gasteiger partial charge is 0.242 e. The zero-order chi connectivity index (χ0) is 18.4. The molecule has 2 heterocycles. The minimum Gasteiger partial charge on any atom is -0.356 e. The van der Waals surface area contributed by atoms with Gasteiger partial charge in [-0.05, 0) is 37.8 Å². The molecular formula is C20H28N4O2. The number of benzene rings is 1. The first-order valence-corrected chi connectivity index (χ1v) is 9.67. The molecule has 6 heteroatoms. The third-order valence-electron chi connectivity index (χ3n) is 4.96. The second-order valence-corrected chi connectivity index (χ2v) is 6.85. The number of aromatic nitrogens is 2. The minimum atomic E-state index is 0.0683. The van der Waals surface area contributed by atoms with E-state index in [0.29, 0.717) is 19.5 Å². The van der Waals surface area contributed by atoms with E-state index >= 15 is 0 Å². The second kappa shape index (κ2) is 8.83. The average molecular weight is 356 g/mol. The lowest BCUT2D eigenvalue weighted by molar-refractivity contribution is -0.132. The lowest BCUT2D eigenvalue weighted by atomic mass is 10.1. The molecule has 1 fully saturated rings.